The number of nitrogens with two attached hydrogens (primary N) is 1. The molecule has 1 atom stereocenters. The highest BCUT2D eigenvalue weighted by molar-refractivity contribution is 7.48. The van der Waals surface area contributed by atoms with Crippen LogP contribution in [0.25, 0.3) is 0 Å². The third-order valence-corrected chi connectivity index (χ3v) is 3.92. The molecule has 18 heavy (non-hydrogen) atoms. The van der Waals surface area contributed by atoms with E-state index in [1.165, 1.54) is 25.7 Å². The van der Waals surface area contributed by atoms with E-state index in [9.17, 15) is 4.57 Å². The minimum atomic E-state index is -3.50. The maximum atomic E-state index is 11.6. The second-order valence-corrected chi connectivity index (χ2v) is 6.38. The molecule has 0 fully saturated rings. The van der Waals surface area contributed by atoms with Crippen LogP contribution in [0.1, 0.15) is 59.3 Å². The van der Waals surface area contributed by atoms with Gasteiger partial charge in [0.15, 0.2) is 0 Å². The van der Waals surface area contributed by atoms with Crippen LogP contribution >= 0.6 is 7.82 Å². The summed E-state index contributed by atoms with van der Waals surface area (Å²) in [5.74, 6) is 5.67. The van der Waals surface area contributed by atoms with Crippen molar-refractivity contribution in [3.63, 3.8) is 0 Å². The van der Waals surface area contributed by atoms with Gasteiger partial charge in [-0.25, -0.2) is 15.1 Å². The number of hydrogen-bond donors (Lipinski definition) is 1. The summed E-state index contributed by atoms with van der Waals surface area (Å²) in [5.41, 5.74) is 0. The molecule has 0 aromatic heterocycles. The van der Waals surface area contributed by atoms with Gasteiger partial charge in [0.05, 0.1) is 13.2 Å². The quantitative estimate of drug-likeness (QED) is 0.332. The van der Waals surface area contributed by atoms with E-state index in [2.05, 4.69) is 18.5 Å². The highest BCUT2D eigenvalue weighted by Gasteiger charge is 2.24. The molecule has 0 saturated carbocycles. The van der Waals surface area contributed by atoms with Crippen molar-refractivity contribution in [3.8, 4) is 0 Å². The van der Waals surface area contributed by atoms with Gasteiger partial charge in [0.2, 0.25) is 0 Å². The van der Waals surface area contributed by atoms with Gasteiger partial charge < -0.3 is 0 Å². The lowest BCUT2D eigenvalue weighted by Crippen LogP contribution is -2.05. The summed E-state index contributed by atoms with van der Waals surface area (Å²) < 4.78 is 25.7. The Morgan fingerprint density at radius 2 is 1.67 bits per heavy atom. The number of phosphoric ester groups is 1. The average Bonchev–Trinajstić information content (AvgIpc) is 2.32. The van der Waals surface area contributed by atoms with E-state index in [4.69, 9.17) is 14.9 Å². The van der Waals surface area contributed by atoms with Crippen LogP contribution in [0.2, 0.25) is 0 Å². The fourth-order valence-electron chi connectivity index (χ4n) is 1.62. The molecule has 0 aliphatic rings. The summed E-state index contributed by atoms with van der Waals surface area (Å²) in [5, 5.41) is 0. The van der Waals surface area contributed by atoms with Gasteiger partial charge in [0, 0.05) is 0 Å². The molecule has 0 bridgehead atoms. The molecule has 0 rings (SSSR count). The zero-order valence-corrected chi connectivity index (χ0v) is 12.8. The Kier molecular flexibility index (Phi) is 11.0. The molecule has 0 amide bonds. The lowest BCUT2D eigenvalue weighted by Gasteiger charge is -2.13. The van der Waals surface area contributed by atoms with Gasteiger partial charge in [0.25, 0.3) is 0 Å². The van der Waals surface area contributed by atoms with Gasteiger partial charge >= 0.3 is 7.82 Å². The van der Waals surface area contributed by atoms with E-state index in [-0.39, 0.29) is 6.61 Å². The molecule has 0 radical (unpaired) electrons. The van der Waals surface area contributed by atoms with Crippen LogP contribution in [0.3, 0.4) is 0 Å². The summed E-state index contributed by atoms with van der Waals surface area (Å²) in [4.78, 5) is 0. The van der Waals surface area contributed by atoms with E-state index in [1.807, 2.05) is 0 Å². The summed E-state index contributed by atoms with van der Waals surface area (Å²) in [6.45, 7) is 6.81. The van der Waals surface area contributed by atoms with Gasteiger partial charge in [0.1, 0.15) is 0 Å². The van der Waals surface area contributed by atoms with E-state index in [0.717, 1.165) is 18.8 Å². The summed E-state index contributed by atoms with van der Waals surface area (Å²) in [6, 6.07) is 0. The van der Waals surface area contributed by atoms with Crippen LogP contribution in [-0.2, 0) is 18.2 Å². The second-order valence-electron chi connectivity index (χ2n) is 4.75. The van der Waals surface area contributed by atoms with Crippen LogP contribution in [0.4, 0.5) is 0 Å². The first-order valence-corrected chi connectivity index (χ1v) is 8.27. The second kappa shape index (κ2) is 10.9. The highest BCUT2D eigenvalue weighted by Crippen LogP contribution is 2.47. The van der Waals surface area contributed by atoms with Crippen molar-refractivity contribution < 1.29 is 18.2 Å². The molecule has 0 aliphatic carbocycles. The lowest BCUT2D eigenvalue weighted by molar-refractivity contribution is 0.116. The normalized spacial score (nSPS) is 14.9. The van der Waals surface area contributed by atoms with Crippen molar-refractivity contribution in [2.24, 2.45) is 11.8 Å². The van der Waals surface area contributed by atoms with Crippen LogP contribution in [0.15, 0.2) is 0 Å². The van der Waals surface area contributed by atoms with Crippen molar-refractivity contribution >= 4 is 7.82 Å². The molecule has 6 heteroatoms. The topological polar surface area (TPSA) is 70.8 Å². The third-order valence-electron chi connectivity index (χ3n) is 2.59. The standard InChI is InChI=1S/C12H28NO4P/c1-4-15-18(14,17-13)16-11-9-7-5-6-8-10-12(2)3/h12H,4-11,13H2,1-3H3. The first kappa shape index (κ1) is 18.1. The molecule has 0 aliphatic heterocycles. The van der Waals surface area contributed by atoms with Crippen molar-refractivity contribution in [1.29, 1.82) is 0 Å². The summed E-state index contributed by atoms with van der Waals surface area (Å²) in [6.07, 6.45) is 6.91. The number of unbranched alkanes of at least 4 members (excludes halogenated alkanes) is 4. The van der Waals surface area contributed by atoms with Crippen LogP contribution < -0.4 is 5.90 Å². The van der Waals surface area contributed by atoms with Gasteiger partial charge in [-0.05, 0) is 19.3 Å². The Balaban J connectivity index is 3.41. The SMILES string of the molecule is CCOP(=O)(ON)OCCCCCCCC(C)C. The van der Waals surface area contributed by atoms with Gasteiger partial charge in [-0.3, -0.25) is 9.05 Å². The van der Waals surface area contributed by atoms with Crippen LogP contribution in [0.5, 0.6) is 0 Å². The van der Waals surface area contributed by atoms with Gasteiger partial charge in [-0.2, -0.15) is 0 Å². The Labute approximate surface area is 111 Å². The van der Waals surface area contributed by atoms with Crippen molar-refractivity contribution in [3.05, 3.63) is 0 Å². The molecule has 0 spiro atoms. The third kappa shape index (κ3) is 10.0. The molecule has 5 nitrogen and oxygen atoms in total. The highest BCUT2D eigenvalue weighted by atomic mass is 31.2. The van der Waals surface area contributed by atoms with Gasteiger partial charge in [-0.15, -0.1) is 0 Å². The van der Waals surface area contributed by atoms with E-state index in [1.54, 1.807) is 6.92 Å². The van der Waals surface area contributed by atoms with E-state index in [0.29, 0.717) is 6.61 Å². The predicted octanol–water partition coefficient (Wildman–Crippen LogP) is 4.03. The molecule has 1 unspecified atom stereocenters. The summed E-state index contributed by atoms with van der Waals surface area (Å²) in [7, 11) is -3.50. The van der Waals surface area contributed by atoms with Gasteiger partial charge in [-0.1, -0.05) is 46.0 Å². The zero-order valence-electron chi connectivity index (χ0n) is 11.9. The average molecular weight is 281 g/mol. The zero-order chi connectivity index (χ0) is 13.9. The van der Waals surface area contributed by atoms with E-state index < -0.39 is 7.82 Å². The lowest BCUT2D eigenvalue weighted by atomic mass is 10.0. The molecular formula is C12H28NO4P. The number of phosphoric acid groups is 1. The maximum absolute atomic E-state index is 11.6. The molecule has 0 saturated heterocycles. The molecule has 2 N–H and O–H groups in total. The molecule has 0 aromatic carbocycles. The Hall–Kier alpha value is 0.0700. The fourth-order valence-corrected chi connectivity index (χ4v) is 2.48. The van der Waals surface area contributed by atoms with Crippen molar-refractivity contribution in [1.82, 2.24) is 0 Å². The molecule has 110 valence electrons. The van der Waals surface area contributed by atoms with Crippen LogP contribution in [-0.4, -0.2) is 13.2 Å². The first-order chi connectivity index (χ1) is 8.54. The van der Waals surface area contributed by atoms with Crippen LogP contribution in [0, 0.1) is 5.92 Å². The minimum Gasteiger partial charge on any atom is -0.286 e. The molecular weight excluding hydrogens is 253 g/mol. The number of rotatable bonds is 12. The first-order valence-electron chi connectivity index (χ1n) is 6.81. The minimum absolute atomic E-state index is 0.254. The Bertz CT molecular complexity index is 236. The van der Waals surface area contributed by atoms with Crippen molar-refractivity contribution in [2.45, 2.75) is 59.3 Å². The van der Waals surface area contributed by atoms with Crippen molar-refractivity contribution in [2.75, 3.05) is 13.2 Å². The maximum Gasteiger partial charge on any atom is 0.491 e. The smallest absolute Gasteiger partial charge is 0.286 e. The molecule has 0 heterocycles. The predicted molar refractivity (Wildman–Crippen MR) is 73.0 cm³/mol. The van der Waals surface area contributed by atoms with E-state index >= 15 is 0 Å². The monoisotopic (exact) mass is 281 g/mol. The number of hydrogen-bond acceptors (Lipinski definition) is 5. The fraction of sp³-hybridized carbons (Fsp3) is 1.00. The summed E-state index contributed by atoms with van der Waals surface area (Å²) >= 11 is 0. The Morgan fingerprint density at radius 1 is 1.06 bits per heavy atom. The molecule has 0 aromatic rings. The Morgan fingerprint density at radius 3 is 2.22 bits per heavy atom. The largest absolute Gasteiger partial charge is 0.491 e.